The molecule has 1 atom stereocenters. The maximum Gasteiger partial charge on any atom is 0.326 e. The first-order chi connectivity index (χ1) is 11.0. The lowest BCUT2D eigenvalue weighted by molar-refractivity contribution is -0.126. The van der Waals surface area contributed by atoms with Crippen LogP contribution in [0.5, 0.6) is 0 Å². The fourth-order valence-electron chi connectivity index (χ4n) is 2.42. The second-order valence-corrected chi connectivity index (χ2v) is 5.61. The molecule has 2 rings (SSSR count). The largest absolute Gasteiger partial charge is 0.354 e. The molecular formula is C16H23ClN4O3. The Hall–Kier alpha value is -2.12. The Morgan fingerprint density at radius 3 is 2.54 bits per heavy atom. The minimum Gasteiger partial charge on any atom is -0.354 e. The average Bonchev–Trinajstić information content (AvgIpc) is 2.79. The average molecular weight is 355 g/mol. The van der Waals surface area contributed by atoms with Gasteiger partial charge in [-0.05, 0) is 12.0 Å². The molecule has 4 amide bonds. The summed E-state index contributed by atoms with van der Waals surface area (Å²) in [5.41, 5.74) is 6.97. The van der Waals surface area contributed by atoms with Crippen LogP contribution in [0.3, 0.4) is 0 Å². The van der Waals surface area contributed by atoms with E-state index in [0.29, 0.717) is 13.0 Å². The van der Waals surface area contributed by atoms with Crippen molar-refractivity contribution in [3.05, 3.63) is 35.9 Å². The SMILES string of the molecule is CN1CC(=O)N(CCCC(=O)NCC(N)c2ccccc2)C1=O.Cl. The first-order valence-corrected chi connectivity index (χ1v) is 7.61. The molecule has 8 heteroatoms. The van der Waals surface area contributed by atoms with Gasteiger partial charge in [0, 0.05) is 32.6 Å². The van der Waals surface area contributed by atoms with Crippen molar-refractivity contribution in [1.82, 2.24) is 15.1 Å². The fourth-order valence-corrected chi connectivity index (χ4v) is 2.42. The minimum atomic E-state index is -0.304. The number of halogens is 1. The van der Waals surface area contributed by atoms with Crippen LogP contribution < -0.4 is 11.1 Å². The van der Waals surface area contributed by atoms with Crippen molar-refractivity contribution in [2.24, 2.45) is 5.73 Å². The van der Waals surface area contributed by atoms with Crippen LogP contribution in [-0.4, -0.2) is 54.3 Å². The van der Waals surface area contributed by atoms with Crippen molar-refractivity contribution in [2.45, 2.75) is 18.9 Å². The summed E-state index contributed by atoms with van der Waals surface area (Å²) in [4.78, 5) is 37.6. The molecule has 0 bridgehead atoms. The van der Waals surface area contributed by atoms with Gasteiger partial charge in [-0.2, -0.15) is 0 Å². The molecule has 0 spiro atoms. The van der Waals surface area contributed by atoms with E-state index in [0.717, 1.165) is 5.56 Å². The number of nitrogens with one attached hydrogen (secondary N) is 1. The van der Waals surface area contributed by atoms with Crippen LogP contribution in [0, 0.1) is 0 Å². The first-order valence-electron chi connectivity index (χ1n) is 7.61. The summed E-state index contributed by atoms with van der Waals surface area (Å²) in [6.45, 7) is 0.726. The van der Waals surface area contributed by atoms with Gasteiger partial charge in [0.2, 0.25) is 11.8 Å². The number of rotatable bonds is 7. The van der Waals surface area contributed by atoms with Crippen LogP contribution in [0.1, 0.15) is 24.4 Å². The number of amides is 4. The summed E-state index contributed by atoms with van der Waals surface area (Å²) in [6.07, 6.45) is 0.694. The van der Waals surface area contributed by atoms with Gasteiger partial charge in [0.1, 0.15) is 6.54 Å². The molecule has 0 radical (unpaired) electrons. The molecule has 1 fully saturated rings. The van der Waals surface area contributed by atoms with Gasteiger partial charge in [-0.1, -0.05) is 30.3 Å². The molecule has 1 aliphatic heterocycles. The highest BCUT2D eigenvalue weighted by Gasteiger charge is 2.32. The quantitative estimate of drug-likeness (QED) is 0.711. The lowest BCUT2D eigenvalue weighted by Crippen LogP contribution is -2.34. The van der Waals surface area contributed by atoms with Crippen molar-refractivity contribution < 1.29 is 14.4 Å². The number of benzene rings is 1. The fraction of sp³-hybridized carbons (Fsp3) is 0.438. The summed E-state index contributed by atoms with van der Waals surface area (Å²) in [5, 5.41) is 2.77. The highest BCUT2D eigenvalue weighted by Crippen LogP contribution is 2.10. The van der Waals surface area contributed by atoms with Crippen molar-refractivity contribution >= 4 is 30.3 Å². The Labute approximate surface area is 147 Å². The zero-order valence-corrected chi connectivity index (χ0v) is 14.4. The topological polar surface area (TPSA) is 95.7 Å². The second-order valence-electron chi connectivity index (χ2n) is 5.61. The summed E-state index contributed by atoms with van der Waals surface area (Å²) < 4.78 is 0. The van der Waals surface area contributed by atoms with Gasteiger partial charge in [0.25, 0.3) is 0 Å². The maximum absolute atomic E-state index is 11.8. The van der Waals surface area contributed by atoms with E-state index in [2.05, 4.69) is 5.32 Å². The first kappa shape index (κ1) is 19.9. The zero-order valence-electron chi connectivity index (χ0n) is 13.6. The van der Waals surface area contributed by atoms with Crippen molar-refractivity contribution in [2.75, 3.05) is 26.7 Å². The molecule has 1 heterocycles. The number of hydrogen-bond acceptors (Lipinski definition) is 4. The zero-order chi connectivity index (χ0) is 16.8. The normalized spacial score (nSPS) is 15.2. The van der Waals surface area contributed by atoms with E-state index in [9.17, 15) is 14.4 Å². The number of nitrogens with two attached hydrogens (primary N) is 1. The molecule has 1 aliphatic rings. The lowest BCUT2D eigenvalue weighted by Gasteiger charge is -2.15. The van der Waals surface area contributed by atoms with Crippen LogP contribution in [0.2, 0.25) is 0 Å². The molecule has 7 nitrogen and oxygen atoms in total. The van der Waals surface area contributed by atoms with Crippen LogP contribution >= 0.6 is 12.4 Å². The molecule has 1 aromatic carbocycles. The maximum atomic E-state index is 11.8. The third-order valence-electron chi connectivity index (χ3n) is 3.76. The highest BCUT2D eigenvalue weighted by molar-refractivity contribution is 6.01. The second kappa shape index (κ2) is 9.24. The molecule has 1 saturated heterocycles. The highest BCUT2D eigenvalue weighted by atomic mass is 35.5. The molecule has 1 unspecified atom stereocenters. The van der Waals surface area contributed by atoms with E-state index in [1.54, 1.807) is 7.05 Å². The third-order valence-corrected chi connectivity index (χ3v) is 3.76. The molecule has 0 aliphatic carbocycles. The number of carbonyl (C=O) groups is 3. The minimum absolute atomic E-state index is 0. The molecule has 0 aromatic heterocycles. The van der Waals surface area contributed by atoms with E-state index in [-0.39, 0.29) is 55.8 Å². The number of urea groups is 1. The van der Waals surface area contributed by atoms with E-state index >= 15 is 0 Å². The van der Waals surface area contributed by atoms with Gasteiger partial charge in [-0.15, -0.1) is 12.4 Å². The van der Waals surface area contributed by atoms with Crippen LogP contribution in [0.15, 0.2) is 30.3 Å². The number of likely N-dealkylation sites (N-methyl/N-ethyl adjacent to an activating group) is 1. The summed E-state index contributed by atoms with van der Waals surface area (Å²) in [5.74, 6) is -0.354. The Balaban J connectivity index is 0.00000288. The smallest absolute Gasteiger partial charge is 0.326 e. The predicted molar refractivity (Wildman–Crippen MR) is 92.6 cm³/mol. The molecule has 132 valence electrons. The van der Waals surface area contributed by atoms with Crippen LogP contribution in [0.25, 0.3) is 0 Å². The van der Waals surface area contributed by atoms with Gasteiger partial charge in [0.15, 0.2) is 0 Å². The van der Waals surface area contributed by atoms with Crippen LogP contribution in [0.4, 0.5) is 4.79 Å². The Morgan fingerprint density at radius 2 is 1.96 bits per heavy atom. The van der Waals surface area contributed by atoms with Crippen LogP contribution in [-0.2, 0) is 9.59 Å². The third kappa shape index (κ3) is 5.21. The Morgan fingerprint density at radius 1 is 1.29 bits per heavy atom. The van der Waals surface area contributed by atoms with Gasteiger partial charge >= 0.3 is 6.03 Å². The summed E-state index contributed by atoms with van der Waals surface area (Å²) in [7, 11) is 1.58. The van der Waals surface area contributed by atoms with Gasteiger partial charge < -0.3 is 16.0 Å². The molecule has 0 saturated carbocycles. The van der Waals surface area contributed by atoms with Gasteiger partial charge in [0.05, 0.1) is 0 Å². The van der Waals surface area contributed by atoms with Crippen molar-refractivity contribution in [3.8, 4) is 0 Å². The number of hydrogen-bond donors (Lipinski definition) is 2. The van der Waals surface area contributed by atoms with Gasteiger partial charge in [-0.25, -0.2) is 4.79 Å². The van der Waals surface area contributed by atoms with Crippen molar-refractivity contribution in [1.29, 1.82) is 0 Å². The lowest BCUT2D eigenvalue weighted by atomic mass is 10.1. The van der Waals surface area contributed by atoms with E-state index in [1.807, 2.05) is 30.3 Å². The van der Waals surface area contributed by atoms with Gasteiger partial charge in [-0.3, -0.25) is 14.5 Å². The molecule has 3 N–H and O–H groups in total. The summed E-state index contributed by atoms with van der Waals surface area (Å²) >= 11 is 0. The van der Waals surface area contributed by atoms with E-state index < -0.39 is 0 Å². The number of carbonyl (C=O) groups excluding carboxylic acids is 3. The predicted octanol–water partition coefficient (Wildman–Crippen LogP) is 0.899. The molecule has 1 aromatic rings. The standard InChI is InChI=1S/C16H22N4O3.ClH/c1-19-11-15(22)20(16(19)23)9-5-8-14(21)18-10-13(17)12-6-3-2-4-7-12;/h2-4,6-7,13H,5,8-11,17H2,1H3,(H,18,21);1H. The number of nitrogens with zero attached hydrogens (tertiary/aromatic N) is 2. The van der Waals surface area contributed by atoms with E-state index in [1.165, 1.54) is 9.80 Å². The Kier molecular flexibility index (Phi) is 7.67. The monoisotopic (exact) mass is 354 g/mol. The summed E-state index contributed by atoms with van der Waals surface area (Å²) in [6, 6.07) is 8.98. The molecular weight excluding hydrogens is 332 g/mol. The van der Waals surface area contributed by atoms with E-state index in [4.69, 9.17) is 5.73 Å². The molecule has 24 heavy (non-hydrogen) atoms. The Bertz CT molecular complexity index is 582. The van der Waals surface area contributed by atoms with Crippen molar-refractivity contribution in [3.63, 3.8) is 0 Å². The number of imide groups is 1.